The van der Waals surface area contributed by atoms with Crippen molar-refractivity contribution < 1.29 is 19.2 Å². The summed E-state index contributed by atoms with van der Waals surface area (Å²) in [7, 11) is 0. The minimum absolute atomic E-state index is 0.210. The lowest BCUT2D eigenvalue weighted by Gasteiger charge is -2.12. The van der Waals surface area contributed by atoms with Gasteiger partial charge in [0.05, 0.1) is 23.7 Å². The van der Waals surface area contributed by atoms with Gasteiger partial charge in [-0.15, -0.1) is 0 Å². The summed E-state index contributed by atoms with van der Waals surface area (Å²) >= 11 is 0. The summed E-state index contributed by atoms with van der Waals surface area (Å²) < 4.78 is 9.97. The van der Waals surface area contributed by atoms with Gasteiger partial charge in [-0.2, -0.15) is 0 Å². The molecule has 1 aromatic rings. The van der Waals surface area contributed by atoms with Crippen molar-refractivity contribution in [2.45, 2.75) is 20.0 Å². The summed E-state index contributed by atoms with van der Waals surface area (Å²) in [5.41, 5.74) is -0.210. The molecule has 6 nitrogen and oxygen atoms in total. The Hall–Kier alpha value is -2.11. The van der Waals surface area contributed by atoms with Crippen LogP contribution in [0, 0.1) is 16.2 Å². The van der Waals surface area contributed by atoms with Crippen LogP contribution in [0.15, 0.2) is 18.2 Å². The molecule has 0 N–H and O–H groups in total. The average Bonchev–Trinajstić information content (AvgIpc) is 2.29. The summed E-state index contributed by atoms with van der Waals surface area (Å²) in [6.07, 6.45) is -0.808. The maximum Gasteiger partial charge on any atom is 0.347 e. The van der Waals surface area contributed by atoms with Gasteiger partial charge in [-0.1, -0.05) is 0 Å². The molecule has 1 atom stereocenters. The van der Waals surface area contributed by atoms with Crippen molar-refractivity contribution in [1.29, 1.82) is 0 Å². The third kappa shape index (κ3) is 3.75. The normalized spacial score (nSPS) is 11.6. The highest BCUT2D eigenvalue weighted by Crippen LogP contribution is 2.19. The standard InChI is InChI=1S/C11H12NO5/c1-3-16-11(13)8(2)17-10-6-4-5-9(7-10)12(14)15/h4,6-8H,3H2,1-2H3. The van der Waals surface area contributed by atoms with Crippen molar-refractivity contribution in [2.24, 2.45) is 0 Å². The third-order valence-electron chi connectivity index (χ3n) is 1.89. The molecular formula is C11H12NO5. The largest absolute Gasteiger partial charge is 0.479 e. The van der Waals surface area contributed by atoms with E-state index in [4.69, 9.17) is 9.47 Å². The van der Waals surface area contributed by atoms with Crippen molar-refractivity contribution in [2.75, 3.05) is 6.61 Å². The van der Waals surface area contributed by atoms with Gasteiger partial charge in [0.2, 0.25) is 0 Å². The number of hydrogen-bond donors (Lipinski definition) is 0. The molecular weight excluding hydrogens is 226 g/mol. The Morgan fingerprint density at radius 1 is 1.65 bits per heavy atom. The molecule has 1 aromatic carbocycles. The fourth-order valence-corrected chi connectivity index (χ4v) is 1.12. The van der Waals surface area contributed by atoms with E-state index < -0.39 is 17.0 Å². The Balaban J connectivity index is 2.71. The lowest BCUT2D eigenvalue weighted by Crippen LogP contribution is -2.26. The number of ether oxygens (including phenoxy) is 2. The maximum atomic E-state index is 11.3. The highest BCUT2D eigenvalue weighted by molar-refractivity contribution is 5.74. The molecule has 17 heavy (non-hydrogen) atoms. The van der Waals surface area contributed by atoms with Crippen LogP contribution in [0.3, 0.4) is 0 Å². The van der Waals surface area contributed by atoms with Gasteiger partial charge >= 0.3 is 5.97 Å². The van der Waals surface area contributed by atoms with Crippen molar-refractivity contribution in [3.63, 3.8) is 0 Å². The van der Waals surface area contributed by atoms with Crippen LogP contribution in [-0.4, -0.2) is 23.6 Å². The highest BCUT2D eigenvalue weighted by atomic mass is 16.6. The van der Waals surface area contributed by atoms with Crippen LogP contribution < -0.4 is 4.74 Å². The quantitative estimate of drug-likeness (QED) is 0.443. The number of esters is 1. The Morgan fingerprint density at radius 3 is 2.94 bits per heavy atom. The molecule has 0 spiro atoms. The van der Waals surface area contributed by atoms with Gasteiger partial charge in [0, 0.05) is 0 Å². The molecule has 1 radical (unpaired) electrons. The number of nitro benzene ring substituents is 1. The van der Waals surface area contributed by atoms with Gasteiger partial charge in [0.15, 0.2) is 6.10 Å². The number of rotatable bonds is 5. The van der Waals surface area contributed by atoms with E-state index in [0.29, 0.717) is 0 Å². The van der Waals surface area contributed by atoms with Gasteiger partial charge in [-0.25, -0.2) is 4.79 Å². The fourth-order valence-electron chi connectivity index (χ4n) is 1.12. The molecule has 0 amide bonds. The van der Waals surface area contributed by atoms with Crippen LogP contribution in [0.2, 0.25) is 0 Å². The van der Waals surface area contributed by atoms with Gasteiger partial charge in [0.1, 0.15) is 5.75 Å². The molecule has 0 aliphatic heterocycles. The Morgan fingerprint density at radius 2 is 2.35 bits per heavy atom. The van der Waals surface area contributed by atoms with Crippen LogP contribution >= 0.6 is 0 Å². The highest BCUT2D eigenvalue weighted by Gasteiger charge is 2.16. The predicted molar refractivity (Wildman–Crippen MR) is 58.7 cm³/mol. The van der Waals surface area contributed by atoms with E-state index in [9.17, 15) is 14.9 Å². The fraction of sp³-hybridized carbons (Fsp3) is 0.364. The van der Waals surface area contributed by atoms with E-state index in [1.165, 1.54) is 25.1 Å². The number of benzene rings is 1. The maximum absolute atomic E-state index is 11.3. The SMILES string of the molecule is CCOC(=O)C(C)Oc1cc[c]c([N+](=O)[O-])c1. The first-order valence-corrected chi connectivity index (χ1v) is 5.04. The number of nitro groups is 1. The molecule has 0 saturated heterocycles. The van der Waals surface area contributed by atoms with E-state index >= 15 is 0 Å². The number of carbonyl (C=O) groups excluding carboxylic acids is 1. The van der Waals surface area contributed by atoms with Gasteiger partial charge in [-0.05, 0) is 26.0 Å². The number of carbonyl (C=O) groups is 1. The topological polar surface area (TPSA) is 78.7 Å². The van der Waals surface area contributed by atoms with Crippen molar-refractivity contribution in [3.8, 4) is 5.75 Å². The minimum Gasteiger partial charge on any atom is -0.479 e. The van der Waals surface area contributed by atoms with Crippen LogP contribution in [0.1, 0.15) is 13.8 Å². The Labute approximate surface area is 98.3 Å². The first kappa shape index (κ1) is 13.0. The predicted octanol–water partition coefficient (Wildman–Crippen LogP) is 1.73. The van der Waals surface area contributed by atoms with Crippen molar-refractivity contribution in [1.82, 2.24) is 0 Å². The van der Waals surface area contributed by atoms with Gasteiger partial charge < -0.3 is 9.47 Å². The number of hydrogen-bond acceptors (Lipinski definition) is 5. The molecule has 0 aliphatic carbocycles. The first-order chi connectivity index (χ1) is 8.04. The van der Waals surface area contributed by atoms with Crippen molar-refractivity contribution in [3.05, 3.63) is 34.4 Å². The zero-order chi connectivity index (χ0) is 12.8. The zero-order valence-electron chi connectivity index (χ0n) is 9.50. The molecule has 6 heteroatoms. The Bertz CT molecular complexity index is 418. The lowest BCUT2D eigenvalue weighted by molar-refractivity contribution is -0.385. The molecule has 0 aliphatic rings. The second kappa shape index (κ2) is 5.83. The van der Waals surface area contributed by atoms with E-state index in [1.54, 1.807) is 6.92 Å². The Kier molecular flexibility index (Phi) is 4.45. The summed E-state index contributed by atoms with van der Waals surface area (Å²) in [4.78, 5) is 21.2. The van der Waals surface area contributed by atoms with Crippen LogP contribution in [-0.2, 0) is 9.53 Å². The second-order valence-electron chi connectivity index (χ2n) is 3.18. The molecule has 1 rings (SSSR count). The zero-order valence-corrected chi connectivity index (χ0v) is 9.50. The molecule has 0 heterocycles. The summed E-state index contributed by atoms with van der Waals surface area (Å²) in [5, 5.41) is 10.5. The number of non-ortho nitro benzene ring substituents is 1. The monoisotopic (exact) mass is 238 g/mol. The molecule has 0 fully saturated rings. The molecule has 0 aromatic heterocycles. The van der Waals surface area contributed by atoms with Crippen LogP contribution in [0.4, 0.5) is 5.69 Å². The van der Waals surface area contributed by atoms with Crippen LogP contribution in [0.25, 0.3) is 0 Å². The molecule has 91 valence electrons. The summed E-state index contributed by atoms with van der Waals surface area (Å²) in [5.74, 6) is -0.279. The van der Waals surface area contributed by atoms with E-state index in [0.717, 1.165) is 0 Å². The molecule has 0 saturated carbocycles. The van der Waals surface area contributed by atoms with Gasteiger partial charge in [0.25, 0.3) is 5.69 Å². The lowest BCUT2D eigenvalue weighted by atomic mass is 10.3. The first-order valence-electron chi connectivity index (χ1n) is 5.04. The summed E-state index contributed by atoms with van der Waals surface area (Å²) in [6, 6.07) is 6.50. The summed E-state index contributed by atoms with van der Waals surface area (Å²) in [6.45, 7) is 3.46. The molecule has 0 bridgehead atoms. The van der Waals surface area contributed by atoms with Crippen molar-refractivity contribution >= 4 is 11.7 Å². The second-order valence-corrected chi connectivity index (χ2v) is 3.18. The van der Waals surface area contributed by atoms with Gasteiger partial charge in [-0.3, -0.25) is 10.1 Å². The van der Waals surface area contributed by atoms with E-state index in [2.05, 4.69) is 6.07 Å². The average molecular weight is 238 g/mol. The van der Waals surface area contributed by atoms with E-state index in [-0.39, 0.29) is 18.0 Å². The number of nitrogens with zero attached hydrogens (tertiary/aromatic N) is 1. The third-order valence-corrected chi connectivity index (χ3v) is 1.89. The van der Waals surface area contributed by atoms with E-state index in [1.807, 2.05) is 0 Å². The van der Waals surface area contributed by atoms with Crippen LogP contribution in [0.5, 0.6) is 5.75 Å². The molecule has 1 unspecified atom stereocenters. The smallest absolute Gasteiger partial charge is 0.347 e. The minimum atomic E-state index is -0.808.